The predicted octanol–water partition coefficient (Wildman–Crippen LogP) is 2.16. The summed E-state index contributed by atoms with van der Waals surface area (Å²) in [6.07, 6.45) is -5.04. The molecule has 2 atom stereocenters. The maximum atomic E-state index is 12.7. The number of hydrogen-bond acceptors (Lipinski definition) is 9. The van der Waals surface area contributed by atoms with Gasteiger partial charge >= 0.3 is 18.1 Å². The smallest absolute Gasteiger partial charge is 0.476 e. The second kappa shape index (κ2) is 14.0. The molecule has 40 heavy (non-hydrogen) atoms. The summed E-state index contributed by atoms with van der Waals surface area (Å²) in [6, 6.07) is -0.344. The third-order valence-corrected chi connectivity index (χ3v) is 7.46. The molecule has 19 heteroatoms. The topological polar surface area (TPSA) is 194 Å². The van der Waals surface area contributed by atoms with Crippen molar-refractivity contribution in [3.8, 4) is 0 Å². The van der Waals surface area contributed by atoms with Gasteiger partial charge in [-0.3, -0.25) is 9.59 Å². The Hall–Kier alpha value is -3.12. The number of methoxy groups -OCH3 is 1. The quantitative estimate of drug-likeness (QED) is 0.251. The molecule has 0 aromatic carbocycles. The Morgan fingerprint density at radius 3 is 2.30 bits per heavy atom. The molecule has 1 aliphatic heterocycles. The van der Waals surface area contributed by atoms with Crippen molar-refractivity contribution in [3.05, 3.63) is 32.0 Å². The molecule has 222 valence electrons. The summed E-state index contributed by atoms with van der Waals surface area (Å²) >= 11 is 13.1. The van der Waals surface area contributed by atoms with Crippen LogP contribution in [0.3, 0.4) is 0 Å². The van der Waals surface area contributed by atoms with Gasteiger partial charge in [-0.25, -0.2) is 14.6 Å². The highest BCUT2D eigenvalue weighted by molar-refractivity contribution is 7.17. The molecule has 2 aromatic heterocycles. The zero-order valence-corrected chi connectivity index (χ0v) is 23.1. The van der Waals surface area contributed by atoms with Crippen molar-refractivity contribution in [2.75, 3.05) is 38.3 Å². The van der Waals surface area contributed by atoms with Crippen molar-refractivity contribution in [1.29, 1.82) is 0 Å². The number of anilines is 1. The normalized spacial score (nSPS) is 17.1. The average molecular weight is 634 g/mol. The number of thiazole rings is 1. The van der Waals surface area contributed by atoms with Crippen LogP contribution < -0.4 is 15.5 Å². The van der Waals surface area contributed by atoms with E-state index >= 15 is 0 Å². The molecular formula is C21H24Cl2F3N5O8S. The first kappa shape index (κ1) is 33.1. The van der Waals surface area contributed by atoms with Gasteiger partial charge in [0, 0.05) is 32.4 Å². The summed E-state index contributed by atoms with van der Waals surface area (Å²) in [5.74, 6) is -5.12. The number of carboxylic acid groups (broad SMARTS) is 2. The summed E-state index contributed by atoms with van der Waals surface area (Å²) < 4.78 is 37.3. The Labute approximate surface area is 238 Å². The van der Waals surface area contributed by atoms with Gasteiger partial charge in [-0.05, 0) is 13.3 Å². The summed E-state index contributed by atoms with van der Waals surface area (Å²) in [4.78, 5) is 54.2. The van der Waals surface area contributed by atoms with E-state index in [0.29, 0.717) is 30.3 Å². The van der Waals surface area contributed by atoms with Gasteiger partial charge in [0.1, 0.15) is 10.6 Å². The molecule has 0 radical (unpaired) electrons. The van der Waals surface area contributed by atoms with Crippen LogP contribution >= 0.6 is 34.5 Å². The van der Waals surface area contributed by atoms with Gasteiger partial charge in [0.2, 0.25) is 0 Å². The van der Waals surface area contributed by atoms with E-state index in [9.17, 15) is 32.7 Å². The van der Waals surface area contributed by atoms with E-state index in [1.54, 1.807) is 11.8 Å². The van der Waals surface area contributed by atoms with Crippen molar-refractivity contribution in [2.24, 2.45) is 0 Å². The molecule has 2 amide bonds. The Morgan fingerprint density at radius 1 is 1.20 bits per heavy atom. The van der Waals surface area contributed by atoms with Crippen molar-refractivity contribution >= 4 is 63.4 Å². The minimum Gasteiger partial charge on any atom is -0.476 e. The molecule has 3 rings (SSSR count). The number of H-pyrrole nitrogens is 1. The fraction of sp³-hybridized carbons (Fsp3) is 0.476. The number of aliphatic carboxylic acids is 1. The lowest BCUT2D eigenvalue weighted by molar-refractivity contribution is -0.192. The van der Waals surface area contributed by atoms with Gasteiger partial charge < -0.3 is 40.6 Å². The largest absolute Gasteiger partial charge is 0.490 e. The number of aliphatic hydroxyl groups excluding tert-OH is 1. The van der Waals surface area contributed by atoms with E-state index in [4.69, 9.17) is 42.9 Å². The number of rotatable bonds is 8. The molecule has 1 saturated heterocycles. The Kier molecular flexibility index (Phi) is 11.6. The fourth-order valence-corrected chi connectivity index (χ4v) is 4.88. The lowest BCUT2D eigenvalue weighted by Crippen LogP contribution is -2.55. The van der Waals surface area contributed by atoms with Crippen LogP contribution in [0, 0.1) is 6.92 Å². The summed E-state index contributed by atoms with van der Waals surface area (Å²) in [5, 5.41) is 31.6. The first-order chi connectivity index (χ1) is 18.6. The van der Waals surface area contributed by atoms with Crippen molar-refractivity contribution in [2.45, 2.75) is 31.7 Å². The van der Waals surface area contributed by atoms with Gasteiger partial charge in [0.05, 0.1) is 28.8 Å². The second-order valence-corrected chi connectivity index (χ2v) is 9.84. The van der Waals surface area contributed by atoms with Crippen LogP contribution in [-0.4, -0.2) is 101 Å². The molecule has 0 aliphatic carbocycles. The number of carboxylic acids is 2. The number of hydrogen-bond donors (Lipinski definition) is 6. The zero-order valence-electron chi connectivity index (χ0n) is 20.8. The maximum absolute atomic E-state index is 12.7. The maximum Gasteiger partial charge on any atom is 0.490 e. The van der Waals surface area contributed by atoms with Gasteiger partial charge in [0.25, 0.3) is 11.8 Å². The molecule has 2 aromatic rings. The highest BCUT2D eigenvalue weighted by Gasteiger charge is 2.38. The monoisotopic (exact) mass is 633 g/mol. The van der Waals surface area contributed by atoms with Crippen LogP contribution in [0.4, 0.5) is 18.3 Å². The molecule has 0 spiro atoms. The minimum atomic E-state index is -5.08. The summed E-state index contributed by atoms with van der Waals surface area (Å²) in [6.45, 7) is 2.18. The minimum absolute atomic E-state index is 0.00245. The standard InChI is InChI=1S/C19H23Cl2N5O6S.C2HF3O2/c1-8-11(20)12(21)13(23-8)16(28)24-9-3-5-26(7-10(9)32-2)19-25-14(18(30)31)15(33-19)17(29)22-4-6-27;3-2(4,5)1(6)7/h9-10,23,27H,3-7H2,1-2H3,(H,22,29)(H,24,28)(H,30,31);(H,6,7). The number of ether oxygens (including phenoxy) is 1. The first-order valence-corrected chi connectivity index (χ1v) is 12.7. The SMILES string of the molecule is COC1CN(c2nc(C(=O)O)c(C(=O)NCCO)s2)CCC1NC(=O)c1[nH]c(C)c(Cl)c1Cl.O=C(O)C(F)(F)F. The number of alkyl halides is 3. The lowest BCUT2D eigenvalue weighted by Gasteiger charge is -2.37. The number of nitrogens with zero attached hydrogens (tertiary/aromatic N) is 2. The van der Waals surface area contributed by atoms with E-state index in [1.165, 1.54) is 7.11 Å². The van der Waals surface area contributed by atoms with Crippen LogP contribution in [0.5, 0.6) is 0 Å². The zero-order chi connectivity index (χ0) is 30.4. The van der Waals surface area contributed by atoms with E-state index in [0.717, 1.165) is 11.3 Å². The molecule has 3 heterocycles. The van der Waals surface area contributed by atoms with E-state index < -0.39 is 36.0 Å². The highest BCUT2D eigenvalue weighted by atomic mass is 35.5. The highest BCUT2D eigenvalue weighted by Crippen LogP contribution is 2.31. The van der Waals surface area contributed by atoms with Crippen molar-refractivity contribution < 1.29 is 52.4 Å². The number of nitrogens with one attached hydrogen (secondary N) is 3. The second-order valence-electron chi connectivity index (χ2n) is 8.10. The molecule has 0 saturated carbocycles. The predicted molar refractivity (Wildman–Crippen MR) is 137 cm³/mol. The van der Waals surface area contributed by atoms with Gasteiger partial charge in [-0.2, -0.15) is 13.2 Å². The van der Waals surface area contributed by atoms with Crippen molar-refractivity contribution in [1.82, 2.24) is 20.6 Å². The first-order valence-electron chi connectivity index (χ1n) is 11.2. The number of aryl methyl sites for hydroxylation is 1. The summed E-state index contributed by atoms with van der Waals surface area (Å²) in [5.41, 5.74) is 0.395. The van der Waals surface area contributed by atoms with Gasteiger partial charge in [0.15, 0.2) is 10.8 Å². The van der Waals surface area contributed by atoms with Crippen LogP contribution in [0.25, 0.3) is 0 Å². The number of piperidine rings is 1. The number of aliphatic hydroxyl groups is 1. The molecule has 0 bridgehead atoms. The number of halogens is 5. The van der Waals surface area contributed by atoms with Crippen LogP contribution in [-0.2, 0) is 9.53 Å². The van der Waals surface area contributed by atoms with Crippen LogP contribution in [0.1, 0.15) is 42.8 Å². The molecule has 1 aliphatic rings. The number of aromatic carboxylic acids is 1. The van der Waals surface area contributed by atoms with Gasteiger partial charge in [-0.1, -0.05) is 34.5 Å². The Morgan fingerprint density at radius 2 is 1.82 bits per heavy atom. The fourth-order valence-electron chi connectivity index (χ4n) is 3.46. The number of amides is 2. The molecule has 1 fully saturated rings. The van der Waals surface area contributed by atoms with E-state index in [-0.39, 0.29) is 45.5 Å². The number of carbonyl (C=O) groups excluding carboxylic acids is 2. The summed E-state index contributed by atoms with van der Waals surface area (Å²) in [7, 11) is 1.51. The van der Waals surface area contributed by atoms with Gasteiger partial charge in [-0.15, -0.1) is 0 Å². The number of aromatic nitrogens is 2. The molecule has 6 N–H and O–H groups in total. The Balaban J connectivity index is 0.000000708. The molecule has 2 unspecified atom stereocenters. The van der Waals surface area contributed by atoms with Crippen LogP contribution in [0.15, 0.2) is 0 Å². The Bertz CT molecular complexity index is 1260. The average Bonchev–Trinajstić information content (AvgIpc) is 3.45. The molecular weight excluding hydrogens is 610 g/mol. The van der Waals surface area contributed by atoms with Crippen LogP contribution in [0.2, 0.25) is 10.0 Å². The van der Waals surface area contributed by atoms with E-state index in [1.807, 2.05) is 0 Å². The number of aromatic amines is 1. The number of carbonyl (C=O) groups is 4. The van der Waals surface area contributed by atoms with Crippen molar-refractivity contribution in [3.63, 3.8) is 0 Å². The molecule has 13 nitrogen and oxygen atoms in total. The third-order valence-electron chi connectivity index (χ3n) is 5.39. The lowest BCUT2D eigenvalue weighted by atomic mass is 10.0. The van der Waals surface area contributed by atoms with E-state index in [2.05, 4.69) is 20.6 Å². The third kappa shape index (κ3) is 8.20.